The third-order valence-electron chi connectivity index (χ3n) is 3.06. The largest absolute Gasteiger partial charge is 0.496 e. The van der Waals surface area contributed by atoms with Gasteiger partial charge in [0.1, 0.15) is 10.9 Å². The van der Waals surface area contributed by atoms with E-state index in [1.807, 2.05) is 30.3 Å². The minimum Gasteiger partial charge on any atom is -0.496 e. The predicted molar refractivity (Wildman–Crippen MR) is 80.8 cm³/mol. The van der Waals surface area contributed by atoms with Gasteiger partial charge in [-0.15, -0.1) is 3.89 Å². The van der Waals surface area contributed by atoms with Crippen molar-refractivity contribution in [2.45, 2.75) is 0 Å². The van der Waals surface area contributed by atoms with Gasteiger partial charge in [-0.05, 0) is 18.2 Å². The molecule has 3 rings (SSSR count). The second kappa shape index (κ2) is 5.34. The van der Waals surface area contributed by atoms with Crippen LogP contribution < -0.4 is 4.74 Å². The Balaban J connectivity index is 2.31. The lowest BCUT2D eigenvalue weighted by Crippen LogP contribution is -1.86. The van der Waals surface area contributed by atoms with E-state index in [-0.39, 0.29) is 12.3 Å². The van der Waals surface area contributed by atoms with E-state index in [0.29, 0.717) is 10.8 Å². The molecule has 102 valence electrons. The smallest absolute Gasteiger partial charge is 0.171 e. The Morgan fingerprint density at radius 2 is 2.00 bits per heavy atom. The maximum atomic E-state index is 13.1. The molecule has 0 saturated carbocycles. The Kier molecular flexibility index (Phi) is 3.54. The second-order valence-electron chi connectivity index (χ2n) is 4.14. The third kappa shape index (κ3) is 2.13. The minimum atomic E-state index is 0.0907. The van der Waals surface area contributed by atoms with E-state index in [1.165, 1.54) is 3.97 Å². The number of fused-ring (bicyclic) bond motifs is 1. The van der Waals surface area contributed by atoms with Crippen LogP contribution in [0.4, 0.5) is 3.89 Å². The predicted octanol–water partition coefficient (Wildman–Crippen LogP) is 4.75. The molecule has 2 heterocycles. The lowest BCUT2D eigenvalue weighted by Gasteiger charge is -2.06. The van der Waals surface area contributed by atoms with Crippen LogP contribution in [-0.4, -0.2) is 16.1 Å². The molecule has 20 heavy (non-hydrogen) atoms. The average molecular weight is 309 g/mol. The molecule has 2 aromatic heterocycles. The van der Waals surface area contributed by atoms with Crippen LogP contribution in [0, 0.1) is 0 Å². The molecular formula is C14H10ClFN2OS. The summed E-state index contributed by atoms with van der Waals surface area (Å²) in [5.74, 6) is 0.727. The monoisotopic (exact) mass is 308 g/mol. The van der Waals surface area contributed by atoms with E-state index in [1.54, 1.807) is 19.4 Å². The second-order valence-corrected chi connectivity index (χ2v) is 5.06. The molecule has 0 unspecified atom stereocenters. The fourth-order valence-corrected chi connectivity index (χ4v) is 2.68. The highest BCUT2D eigenvalue weighted by molar-refractivity contribution is 7.92. The zero-order chi connectivity index (χ0) is 14.1. The standard InChI is InChI=1S/C14H10ClFN2OS/c1-19-12-5-3-2-4-9(12)11-8-18(20-16)14-10(11)6-7-13(15)17-14/h2-8H,1H3. The van der Waals surface area contributed by atoms with E-state index >= 15 is 0 Å². The van der Waals surface area contributed by atoms with Gasteiger partial charge < -0.3 is 4.74 Å². The van der Waals surface area contributed by atoms with E-state index in [2.05, 4.69) is 4.98 Å². The summed E-state index contributed by atoms with van der Waals surface area (Å²) >= 11 is 5.97. The molecule has 0 bridgehead atoms. The number of hydrogen-bond donors (Lipinski definition) is 0. The van der Waals surface area contributed by atoms with Crippen LogP contribution in [0.5, 0.6) is 5.75 Å². The number of nitrogens with zero attached hydrogens (tertiary/aromatic N) is 2. The number of ether oxygens (including phenoxy) is 1. The summed E-state index contributed by atoms with van der Waals surface area (Å²) in [5.41, 5.74) is 2.23. The number of halogens is 2. The van der Waals surface area contributed by atoms with Gasteiger partial charge in [0.05, 0.1) is 7.11 Å². The van der Waals surface area contributed by atoms with E-state index in [9.17, 15) is 3.89 Å². The Labute approximate surface area is 124 Å². The van der Waals surface area contributed by atoms with Gasteiger partial charge in [0.25, 0.3) is 0 Å². The molecule has 0 aliphatic carbocycles. The van der Waals surface area contributed by atoms with Crippen LogP contribution in [0.25, 0.3) is 22.2 Å². The van der Waals surface area contributed by atoms with Crippen LogP contribution in [-0.2, 0) is 0 Å². The zero-order valence-corrected chi connectivity index (χ0v) is 12.1. The number of methoxy groups -OCH3 is 1. The summed E-state index contributed by atoms with van der Waals surface area (Å²) in [6.07, 6.45) is 1.69. The maximum absolute atomic E-state index is 13.1. The first kappa shape index (κ1) is 13.3. The van der Waals surface area contributed by atoms with Crippen molar-refractivity contribution in [3.63, 3.8) is 0 Å². The van der Waals surface area contributed by atoms with Crippen molar-refractivity contribution < 1.29 is 8.62 Å². The molecule has 0 atom stereocenters. The molecule has 1 aromatic carbocycles. The van der Waals surface area contributed by atoms with Gasteiger partial charge in [-0.2, -0.15) is 0 Å². The quantitative estimate of drug-likeness (QED) is 0.654. The Bertz CT molecular complexity index is 775. The maximum Gasteiger partial charge on any atom is 0.171 e. The van der Waals surface area contributed by atoms with Crippen LogP contribution in [0.2, 0.25) is 5.15 Å². The molecule has 0 aliphatic rings. The molecule has 3 aromatic rings. The van der Waals surface area contributed by atoms with E-state index < -0.39 is 0 Å². The minimum absolute atomic E-state index is 0.0907. The Hall–Kier alpha value is -1.72. The van der Waals surface area contributed by atoms with Crippen LogP contribution in [0.1, 0.15) is 0 Å². The number of benzene rings is 1. The number of hydrogen-bond acceptors (Lipinski definition) is 3. The molecule has 0 radical (unpaired) electrons. The fraction of sp³-hybridized carbons (Fsp3) is 0.0714. The van der Waals surface area contributed by atoms with Gasteiger partial charge in [-0.25, -0.2) is 8.96 Å². The van der Waals surface area contributed by atoms with Gasteiger partial charge in [0.2, 0.25) is 0 Å². The van der Waals surface area contributed by atoms with Crippen molar-refractivity contribution in [2.24, 2.45) is 0 Å². The SMILES string of the molecule is COc1ccccc1-c1cn(SF)c2nc(Cl)ccc12. The van der Waals surface area contributed by atoms with Crippen molar-refractivity contribution in [3.05, 3.63) is 47.7 Å². The zero-order valence-electron chi connectivity index (χ0n) is 10.5. The lowest BCUT2D eigenvalue weighted by atomic mass is 10.1. The molecule has 0 spiro atoms. The van der Waals surface area contributed by atoms with Gasteiger partial charge in [0, 0.05) is 22.7 Å². The lowest BCUT2D eigenvalue weighted by molar-refractivity contribution is 0.416. The first-order chi connectivity index (χ1) is 9.74. The Morgan fingerprint density at radius 3 is 2.75 bits per heavy atom. The van der Waals surface area contributed by atoms with E-state index in [0.717, 1.165) is 22.3 Å². The van der Waals surface area contributed by atoms with Crippen LogP contribution in [0.15, 0.2) is 42.6 Å². The third-order valence-corrected chi connectivity index (χ3v) is 3.70. The molecular weight excluding hydrogens is 299 g/mol. The normalized spacial score (nSPS) is 10.9. The summed E-state index contributed by atoms with van der Waals surface area (Å²) in [5, 5.41) is 1.15. The molecule has 6 heteroatoms. The van der Waals surface area contributed by atoms with Crippen LogP contribution in [0.3, 0.4) is 0 Å². The summed E-state index contributed by atoms with van der Waals surface area (Å²) in [4.78, 5) is 4.17. The van der Waals surface area contributed by atoms with E-state index in [4.69, 9.17) is 16.3 Å². The van der Waals surface area contributed by atoms with Crippen molar-refractivity contribution in [1.82, 2.24) is 8.96 Å². The van der Waals surface area contributed by atoms with Gasteiger partial charge in [0.15, 0.2) is 18.0 Å². The van der Waals surface area contributed by atoms with Gasteiger partial charge in [-0.3, -0.25) is 0 Å². The highest BCUT2D eigenvalue weighted by Crippen LogP contribution is 2.37. The van der Waals surface area contributed by atoms with Crippen molar-refractivity contribution in [2.75, 3.05) is 7.11 Å². The molecule has 0 fully saturated rings. The summed E-state index contributed by atoms with van der Waals surface area (Å²) in [7, 11) is 1.61. The number of para-hydroxylation sites is 1. The summed E-state index contributed by atoms with van der Waals surface area (Å²) in [6.45, 7) is 0. The van der Waals surface area contributed by atoms with Crippen LogP contribution >= 0.6 is 23.9 Å². The van der Waals surface area contributed by atoms with Gasteiger partial charge >= 0.3 is 0 Å². The molecule has 0 N–H and O–H groups in total. The average Bonchev–Trinajstić information content (AvgIpc) is 2.84. The molecule has 0 saturated heterocycles. The van der Waals surface area contributed by atoms with Crippen molar-refractivity contribution >= 4 is 35.0 Å². The van der Waals surface area contributed by atoms with Crippen molar-refractivity contribution in [1.29, 1.82) is 0 Å². The molecule has 0 amide bonds. The summed E-state index contributed by atoms with van der Waals surface area (Å²) < 4.78 is 19.8. The molecule has 0 aliphatic heterocycles. The first-order valence-corrected chi connectivity index (χ1v) is 6.90. The topological polar surface area (TPSA) is 27.1 Å². The molecule has 3 nitrogen and oxygen atoms in total. The Morgan fingerprint density at radius 1 is 1.20 bits per heavy atom. The fourth-order valence-electron chi connectivity index (χ4n) is 2.19. The number of aromatic nitrogens is 2. The van der Waals surface area contributed by atoms with Gasteiger partial charge in [-0.1, -0.05) is 29.8 Å². The number of pyridine rings is 1. The summed E-state index contributed by atoms with van der Waals surface area (Å²) in [6, 6.07) is 11.1. The highest BCUT2D eigenvalue weighted by atomic mass is 35.5. The highest BCUT2D eigenvalue weighted by Gasteiger charge is 2.15. The number of rotatable bonds is 3. The first-order valence-electron chi connectivity index (χ1n) is 5.84. The van der Waals surface area contributed by atoms with Crippen molar-refractivity contribution in [3.8, 4) is 16.9 Å².